The normalized spacial score (nSPS) is 11.3. The highest BCUT2D eigenvalue weighted by atomic mass is 35.5. The minimum Gasteiger partial charge on any atom is -0.324 e. The molecule has 3 aromatic rings. The first-order valence-corrected chi connectivity index (χ1v) is 7.20. The predicted octanol–water partition coefficient (Wildman–Crippen LogP) is 4.95. The Labute approximate surface area is 140 Å². The van der Waals surface area contributed by atoms with Gasteiger partial charge in [-0.2, -0.15) is 18.2 Å². The zero-order chi connectivity index (χ0) is 17.2. The Bertz CT molecular complexity index is 853. The first-order valence-electron chi connectivity index (χ1n) is 6.83. The SMILES string of the molecule is FC(F)(F)c1cnc(Cl)nc1Nc1cccc(-c2ccccc2)n1. The number of anilines is 2. The molecule has 2 heterocycles. The quantitative estimate of drug-likeness (QED) is 0.679. The summed E-state index contributed by atoms with van der Waals surface area (Å²) < 4.78 is 39.1. The van der Waals surface area contributed by atoms with Gasteiger partial charge in [-0.25, -0.2) is 9.97 Å². The number of hydrogen-bond donors (Lipinski definition) is 1. The molecule has 0 aliphatic carbocycles. The Morgan fingerprint density at radius 1 is 0.917 bits per heavy atom. The molecule has 24 heavy (non-hydrogen) atoms. The number of halogens is 4. The number of pyridine rings is 1. The monoisotopic (exact) mass is 350 g/mol. The highest BCUT2D eigenvalue weighted by Gasteiger charge is 2.35. The fourth-order valence-electron chi connectivity index (χ4n) is 2.06. The number of nitrogens with one attached hydrogen (secondary N) is 1. The second kappa shape index (κ2) is 6.45. The van der Waals surface area contributed by atoms with Gasteiger partial charge in [0.25, 0.3) is 0 Å². The van der Waals surface area contributed by atoms with Crippen molar-refractivity contribution >= 4 is 23.2 Å². The number of benzene rings is 1. The lowest BCUT2D eigenvalue weighted by Crippen LogP contribution is -2.11. The lowest BCUT2D eigenvalue weighted by atomic mass is 10.1. The van der Waals surface area contributed by atoms with Gasteiger partial charge in [-0.05, 0) is 23.7 Å². The summed E-state index contributed by atoms with van der Waals surface area (Å²) in [5.74, 6) is -0.225. The molecule has 0 aliphatic heterocycles. The van der Waals surface area contributed by atoms with Crippen LogP contribution in [-0.2, 0) is 6.18 Å². The number of nitrogens with zero attached hydrogens (tertiary/aromatic N) is 3. The van der Waals surface area contributed by atoms with Gasteiger partial charge in [-0.1, -0.05) is 36.4 Å². The maximum atomic E-state index is 13.0. The molecule has 2 aromatic heterocycles. The van der Waals surface area contributed by atoms with Crippen molar-refractivity contribution in [3.8, 4) is 11.3 Å². The summed E-state index contributed by atoms with van der Waals surface area (Å²) in [6.07, 6.45) is -3.97. The molecule has 0 saturated heterocycles. The summed E-state index contributed by atoms with van der Waals surface area (Å²) in [7, 11) is 0. The van der Waals surface area contributed by atoms with E-state index in [9.17, 15) is 13.2 Å². The summed E-state index contributed by atoms with van der Waals surface area (Å²) in [6, 6.07) is 14.3. The fraction of sp³-hybridized carbons (Fsp3) is 0.0625. The Morgan fingerprint density at radius 2 is 1.67 bits per heavy atom. The van der Waals surface area contributed by atoms with E-state index in [1.54, 1.807) is 18.2 Å². The van der Waals surface area contributed by atoms with Crippen LogP contribution in [0.25, 0.3) is 11.3 Å². The predicted molar refractivity (Wildman–Crippen MR) is 85.0 cm³/mol. The molecule has 122 valence electrons. The smallest absolute Gasteiger partial charge is 0.324 e. The number of aromatic nitrogens is 3. The van der Waals surface area contributed by atoms with Gasteiger partial charge in [0, 0.05) is 11.8 Å². The van der Waals surface area contributed by atoms with Crippen LogP contribution in [0.4, 0.5) is 24.8 Å². The molecule has 8 heteroatoms. The summed E-state index contributed by atoms with van der Waals surface area (Å²) >= 11 is 5.61. The fourth-order valence-corrected chi connectivity index (χ4v) is 2.19. The molecule has 0 fully saturated rings. The Balaban J connectivity index is 1.97. The minimum atomic E-state index is -4.61. The van der Waals surface area contributed by atoms with Crippen molar-refractivity contribution in [2.45, 2.75) is 6.18 Å². The number of alkyl halides is 3. The van der Waals surface area contributed by atoms with Gasteiger partial charge in [-0.15, -0.1) is 0 Å². The average molecular weight is 351 g/mol. The van der Waals surface area contributed by atoms with Crippen molar-refractivity contribution in [1.82, 2.24) is 15.0 Å². The molecule has 1 aromatic carbocycles. The molecule has 1 N–H and O–H groups in total. The van der Waals surface area contributed by atoms with Gasteiger partial charge in [0.1, 0.15) is 17.2 Å². The molecule has 0 saturated carbocycles. The molecule has 4 nitrogen and oxygen atoms in total. The third-order valence-electron chi connectivity index (χ3n) is 3.13. The van der Waals surface area contributed by atoms with E-state index in [1.165, 1.54) is 0 Å². The largest absolute Gasteiger partial charge is 0.421 e. The molecule has 0 spiro atoms. The molecular weight excluding hydrogens is 341 g/mol. The van der Waals surface area contributed by atoms with Gasteiger partial charge < -0.3 is 5.32 Å². The van der Waals surface area contributed by atoms with Crippen LogP contribution in [0.15, 0.2) is 54.7 Å². The van der Waals surface area contributed by atoms with E-state index in [2.05, 4.69) is 20.3 Å². The highest BCUT2D eigenvalue weighted by molar-refractivity contribution is 6.28. The topological polar surface area (TPSA) is 50.7 Å². The van der Waals surface area contributed by atoms with Crippen LogP contribution in [0, 0.1) is 0 Å². The van der Waals surface area contributed by atoms with E-state index >= 15 is 0 Å². The van der Waals surface area contributed by atoms with E-state index in [-0.39, 0.29) is 11.1 Å². The van der Waals surface area contributed by atoms with E-state index in [4.69, 9.17) is 11.6 Å². The molecule has 0 radical (unpaired) electrons. The molecular formula is C16H10ClF3N4. The van der Waals surface area contributed by atoms with Gasteiger partial charge >= 0.3 is 6.18 Å². The average Bonchev–Trinajstić information content (AvgIpc) is 2.55. The standard InChI is InChI=1S/C16H10ClF3N4/c17-15-21-9-11(16(18,19)20)14(24-15)23-13-8-4-7-12(22-13)10-5-2-1-3-6-10/h1-9H,(H,21,22,23,24). The van der Waals surface area contributed by atoms with Crippen LogP contribution in [0.1, 0.15) is 5.56 Å². The first-order chi connectivity index (χ1) is 11.4. The maximum absolute atomic E-state index is 13.0. The third-order valence-corrected chi connectivity index (χ3v) is 3.31. The zero-order valence-corrected chi connectivity index (χ0v) is 12.8. The van der Waals surface area contributed by atoms with Crippen LogP contribution in [0.5, 0.6) is 0 Å². The summed E-state index contributed by atoms with van der Waals surface area (Å²) in [6.45, 7) is 0. The van der Waals surface area contributed by atoms with Crippen LogP contribution in [0.2, 0.25) is 5.28 Å². The molecule has 0 atom stereocenters. The molecule has 0 amide bonds. The minimum absolute atomic E-state index is 0.219. The van der Waals surface area contributed by atoms with Crippen molar-refractivity contribution in [2.24, 2.45) is 0 Å². The van der Waals surface area contributed by atoms with Gasteiger partial charge in [0.2, 0.25) is 5.28 Å². The number of hydrogen-bond acceptors (Lipinski definition) is 4. The Morgan fingerprint density at radius 3 is 2.38 bits per heavy atom. The van der Waals surface area contributed by atoms with Gasteiger partial charge in [-0.3, -0.25) is 0 Å². The molecule has 0 aliphatic rings. The van der Waals surface area contributed by atoms with Crippen molar-refractivity contribution in [3.05, 3.63) is 65.6 Å². The van der Waals surface area contributed by atoms with Crippen LogP contribution in [-0.4, -0.2) is 15.0 Å². The first kappa shape index (κ1) is 16.2. The van der Waals surface area contributed by atoms with Crippen molar-refractivity contribution < 1.29 is 13.2 Å². The van der Waals surface area contributed by atoms with Gasteiger partial charge in [0.05, 0.1) is 5.69 Å². The maximum Gasteiger partial charge on any atom is 0.421 e. The van der Waals surface area contributed by atoms with Gasteiger partial charge in [0.15, 0.2) is 0 Å². The summed E-state index contributed by atoms with van der Waals surface area (Å²) in [5.41, 5.74) is 0.450. The molecule has 0 bridgehead atoms. The van der Waals surface area contributed by atoms with Crippen molar-refractivity contribution in [1.29, 1.82) is 0 Å². The lowest BCUT2D eigenvalue weighted by molar-refractivity contribution is -0.137. The third kappa shape index (κ3) is 3.62. The van der Waals surface area contributed by atoms with Crippen LogP contribution < -0.4 is 5.32 Å². The highest BCUT2D eigenvalue weighted by Crippen LogP contribution is 2.35. The van der Waals surface area contributed by atoms with Crippen LogP contribution in [0.3, 0.4) is 0 Å². The number of rotatable bonds is 3. The molecule has 0 unspecified atom stereocenters. The van der Waals surface area contributed by atoms with Crippen LogP contribution >= 0.6 is 11.6 Å². The lowest BCUT2D eigenvalue weighted by Gasteiger charge is -2.13. The zero-order valence-electron chi connectivity index (χ0n) is 12.0. The van der Waals surface area contributed by atoms with E-state index in [0.717, 1.165) is 5.56 Å². The van der Waals surface area contributed by atoms with Crippen molar-refractivity contribution in [2.75, 3.05) is 5.32 Å². The second-order valence-electron chi connectivity index (χ2n) is 4.80. The van der Waals surface area contributed by atoms with E-state index < -0.39 is 17.6 Å². The Kier molecular flexibility index (Phi) is 4.35. The second-order valence-corrected chi connectivity index (χ2v) is 5.14. The van der Waals surface area contributed by atoms with E-state index in [1.807, 2.05) is 30.3 Å². The van der Waals surface area contributed by atoms with E-state index in [0.29, 0.717) is 11.9 Å². The summed E-state index contributed by atoms with van der Waals surface area (Å²) in [5, 5.41) is 2.28. The summed E-state index contributed by atoms with van der Waals surface area (Å²) in [4.78, 5) is 11.3. The van der Waals surface area contributed by atoms with Crippen molar-refractivity contribution in [3.63, 3.8) is 0 Å². The Hall–Kier alpha value is -2.67. The molecule has 3 rings (SSSR count).